The highest BCUT2D eigenvalue weighted by Crippen LogP contribution is 2.17. The second-order valence-electron chi connectivity index (χ2n) is 4.04. The van der Waals surface area contributed by atoms with Gasteiger partial charge in [0.25, 0.3) is 5.91 Å². The van der Waals surface area contributed by atoms with E-state index in [4.69, 9.17) is 5.73 Å². The Morgan fingerprint density at radius 3 is 2.76 bits per heavy atom. The number of anilines is 1. The normalized spacial score (nSPS) is 12.5. The van der Waals surface area contributed by atoms with E-state index < -0.39 is 0 Å². The van der Waals surface area contributed by atoms with Crippen LogP contribution in [0.25, 0.3) is 0 Å². The van der Waals surface area contributed by atoms with Crippen LogP contribution >= 0.6 is 11.8 Å². The molecule has 96 valence electrons. The minimum Gasteiger partial charge on any atom is -0.395 e. The first-order valence-electron chi connectivity index (χ1n) is 5.61. The standard InChI is InChI=1S/C11H20N4OS/c1-5-8-9(12)10(14-13-8)11(16)15(3)7(2)6-17-4/h7H,5-6,12H2,1-4H3,(H,13,14). The second-order valence-corrected chi connectivity index (χ2v) is 4.95. The van der Waals surface area contributed by atoms with E-state index in [-0.39, 0.29) is 11.9 Å². The number of hydrogen-bond donors (Lipinski definition) is 2. The predicted molar refractivity (Wildman–Crippen MR) is 72.3 cm³/mol. The van der Waals surface area contributed by atoms with Gasteiger partial charge in [0.2, 0.25) is 0 Å². The van der Waals surface area contributed by atoms with Gasteiger partial charge in [0.15, 0.2) is 5.69 Å². The van der Waals surface area contributed by atoms with Crippen LogP contribution in [0.15, 0.2) is 0 Å². The van der Waals surface area contributed by atoms with Gasteiger partial charge in [-0.2, -0.15) is 16.9 Å². The van der Waals surface area contributed by atoms with Gasteiger partial charge in [0, 0.05) is 18.8 Å². The molecule has 0 fully saturated rings. The number of nitrogens with two attached hydrogens (primary N) is 1. The Morgan fingerprint density at radius 2 is 2.29 bits per heavy atom. The smallest absolute Gasteiger partial charge is 0.276 e. The second kappa shape index (κ2) is 5.95. The summed E-state index contributed by atoms with van der Waals surface area (Å²) in [6.07, 6.45) is 2.77. The summed E-state index contributed by atoms with van der Waals surface area (Å²) in [4.78, 5) is 13.8. The van der Waals surface area contributed by atoms with E-state index in [2.05, 4.69) is 10.2 Å². The number of nitrogens with one attached hydrogen (secondary N) is 1. The molecule has 0 aliphatic heterocycles. The molecule has 0 aliphatic rings. The van der Waals surface area contributed by atoms with Crippen molar-refractivity contribution in [3.05, 3.63) is 11.4 Å². The third kappa shape index (κ3) is 2.94. The maximum atomic E-state index is 12.2. The molecule has 1 aromatic rings. The maximum Gasteiger partial charge on any atom is 0.276 e. The van der Waals surface area contributed by atoms with Crippen molar-refractivity contribution in [2.24, 2.45) is 0 Å². The van der Waals surface area contributed by atoms with Gasteiger partial charge in [-0.15, -0.1) is 0 Å². The SMILES string of the molecule is CCc1[nH]nc(C(=O)N(C)C(C)CSC)c1N. The van der Waals surface area contributed by atoms with E-state index in [1.807, 2.05) is 20.1 Å². The highest BCUT2D eigenvalue weighted by Gasteiger charge is 2.22. The highest BCUT2D eigenvalue weighted by atomic mass is 32.2. The molecular weight excluding hydrogens is 236 g/mol. The van der Waals surface area contributed by atoms with Crippen LogP contribution in [-0.2, 0) is 6.42 Å². The Bertz CT molecular complexity index is 391. The third-order valence-electron chi connectivity index (χ3n) is 2.83. The molecule has 0 saturated carbocycles. The van der Waals surface area contributed by atoms with Crippen molar-refractivity contribution in [2.45, 2.75) is 26.3 Å². The van der Waals surface area contributed by atoms with Gasteiger partial charge >= 0.3 is 0 Å². The van der Waals surface area contributed by atoms with Crippen molar-refractivity contribution < 1.29 is 4.79 Å². The molecule has 0 bridgehead atoms. The first kappa shape index (κ1) is 13.9. The predicted octanol–water partition coefficient (Wildman–Crippen LogP) is 1.38. The van der Waals surface area contributed by atoms with Gasteiger partial charge < -0.3 is 10.6 Å². The fourth-order valence-corrected chi connectivity index (χ4v) is 2.25. The van der Waals surface area contributed by atoms with E-state index in [0.717, 1.165) is 17.9 Å². The molecule has 5 nitrogen and oxygen atoms in total. The Hall–Kier alpha value is -1.17. The average molecular weight is 256 g/mol. The van der Waals surface area contributed by atoms with Crippen molar-refractivity contribution in [2.75, 3.05) is 24.8 Å². The van der Waals surface area contributed by atoms with Gasteiger partial charge in [-0.25, -0.2) is 0 Å². The highest BCUT2D eigenvalue weighted by molar-refractivity contribution is 7.98. The molecule has 3 N–H and O–H groups in total. The summed E-state index contributed by atoms with van der Waals surface area (Å²) in [6, 6.07) is 0.165. The summed E-state index contributed by atoms with van der Waals surface area (Å²) in [6.45, 7) is 3.98. The maximum absolute atomic E-state index is 12.2. The lowest BCUT2D eigenvalue weighted by Crippen LogP contribution is -2.37. The van der Waals surface area contributed by atoms with E-state index in [1.54, 1.807) is 23.7 Å². The molecule has 1 atom stereocenters. The van der Waals surface area contributed by atoms with Crippen LogP contribution in [-0.4, -0.2) is 46.1 Å². The largest absolute Gasteiger partial charge is 0.395 e. The van der Waals surface area contributed by atoms with E-state index in [1.165, 1.54) is 0 Å². The fraction of sp³-hybridized carbons (Fsp3) is 0.636. The summed E-state index contributed by atoms with van der Waals surface area (Å²) in [7, 11) is 1.78. The Morgan fingerprint density at radius 1 is 1.65 bits per heavy atom. The molecule has 0 spiro atoms. The number of amides is 1. The van der Waals surface area contributed by atoms with Crippen LogP contribution in [0.1, 0.15) is 30.0 Å². The van der Waals surface area contributed by atoms with Crippen molar-refractivity contribution in [3.63, 3.8) is 0 Å². The number of aromatic nitrogens is 2. The zero-order valence-corrected chi connectivity index (χ0v) is 11.6. The number of thioether (sulfide) groups is 1. The molecule has 0 radical (unpaired) electrons. The van der Waals surface area contributed by atoms with E-state index in [9.17, 15) is 4.79 Å². The first-order chi connectivity index (χ1) is 8.02. The number of carbonyl (C=O) groups excluding carboxylic acids is 1. The number of nitrogen functional groups attached to an aromatic ring is 1. The number of nitrogens with zero attached hydrogens (tertiary/aromatic N) is 2. The molecule has 0 aliphatic carbocycles. The van der Waals surface area contributed by atoms with Gasteiger partial charge in [-0.3, -0.25) is 9.89 Å². The summed E-state index contributed by atoms with van der Waals surface area (Å²) in [5.74, 6) is 0.771. The van der Waals surface area contributed by atoms with Crippen molar-refractivity contribution in [1.29, 1.82) is 0 Å². The van der Waals surface area contributed by atoms with Crippen LogP contribution in [0, 0.1) is 0 Å². The summed E-state index contributed by atoms with van der Waals surface area (Å²) >= 11 is 1.71. The van der Waals surface area contributed by atoms with E-state index >= 15 is 0 Å². The molecule has 1 aromatic heterocycles. The number of rotatable bonds is 5. The molecule has 1 amide bonds. The van der Waals surface area contributed by atoms with Crippen LogP contribution < -0.4 is 5.73 Å². The molecule has 0 saturated heterocycles. The number of aryl methyl sites for hydroxylation is 1. The van der Waals surface area contributed by atoms with Gasteiger partial charge in [-0.1, -0.05) is 6.92 Å². The van der Waals surface area contributed by atoms with Gasteiger partial charge in [-0.05, 0) is 19.6 Å². The molecule has 17 heavy (non-hydrogen) atoms. The first-order valence-corrected chi connectivity index (χ1v) is 7.01. The number of H-pyrrole nitrogens is 1. The lowest BCUT2D eigenvalue weighted by atomic mass is 10.2. The molecule has 1 unspecified atom stereocenters. The van der Waals surface area contributed by atoms with Gasteiger partial charge in [0.05, 0.1) is 11.4 Å². The Labute approximate surface area is 106 Å². The number of carbonyl (C=O) groups is 1. The topological polar surface area (TPSA) is 75.0 Å². The van der Waals surface area contributed by atoms with Crippen LogP contribution in [0.4, 0.5) is 5.69 Å². The quantitative estimate of drug-likeness (QED) is 0.834. The molecule has 0 aromatic carbocycles. The molecule has 6 heteroatoms. The summed E-state index contributed by atoms with van der Waals surface area (Å²) in [5.41, 5.74) is 7.50. The Kier molecular flexibility index (Phi) is 4.86. The zero-order chi connectivity index (χ0) is 13.0. The van der Waals surface area contributed by atoms with Crippen molar-refractivity contribution in [1.82, 2.24) is 15.1 Å². The van der Waals surface area contributed by atoms with E-state index in [0.29, 0.717) is 11.4 Å². The molecule has 1 rings (SSSR count). The zero-order valence-electron chi connectivity index (χ0n) is 10.8. The van der Waals surface area contributed by atoms with Crippen LogP contribution in [0.5, 0.6) is 0 Å². The van der Waals surface area contributed by atoms with Gasteiger partial charge in [0.1, 0.15) is 0 Å². The molecule has 1 heterocycles. The molecular formula is C11H20N4OS. The fourth-order valence-electron chi connectivity index (χ4n) is 1.54. The number of aromatic amines is 1. The number of hydrogen-bond acceptors (Lipinski definition) is 4. The van der Waals surface area contributed by atoms with Crippen molar-refractivity contribution in [3.8, 4) is 0 Å². The lowest BCUT2D eigenvalue weighted by Gasteiger charge is -2.23. The van der Waals surface area contributed by atoms with Crippen LogP contribution in [0.3, 0.4) is 0 Å². The van der Waals surface area contributed by atoms with Crippen molar-refractivity contribution >= 4 is 23.4 Å². The minimum absolute atomic E-state index is 0.125. The monoisotopic (exact) mass is 256 g/mol. The Balaban J connectivity index is 2.85. The van der Waals surface area contributed by atoms with Crippen LogP contribution in [0.2, 0.25) is 0 Å². The summed E-state index contributed by atoms with van der Waals surface area (Å²) < 4.78 is 0. The lowest BCUT2D eigenvalue weighted by molar-refractivity contribution is 0.0752. The minimum atomic E-state index is -0.125. The third-order valence-corrected chi connectivity index (χ3v) is 3.64. The average Bonchev–Trinajstić information content (AvgIpc) is 2.68. The summed E-state index contributed by atoms with van der Waals surface area (Å²) in [5, 5.41) is 6.80.